The van der Waals surface area contributed by atoms with Crippen LogP contribution in [0.1, 0.15) is 16.8 Å². The van der Waals surface area contributed by atoms with Crippen molar-refractivity contribution in [2.45, 2.75) is 18.6 Å². The van der Waals surface area contributed by atoms with Crippen molar-refractivity contribution < 1.29 is 22.8 Å². The molecule has 0 saturated carbocycles. The number of nitrogens with one attached hydrogen (secondary N) is 3. The highest BCUT2D eigenvalue weighted by Crippen LogP contribution is 2.24. The summed E-state index contributed by atoms with van der Waals surface area (Å²) in [5.74, 6) is -0.821. The van der Waals surface area contributed by atoms with E-state index < -0.39 is 24.7 Å². The van der Waals surface area contributed by atoms with E-state index in [1.165, 1.54) is 16.2 Å². The predicted octanol–water partition coefficient (Wildman–Crippen LogP) is 1.24. The SMILES string of the molecule is Cl.O=C(CCNC(=O)c1ccsc1)NCC(N1CCNCC1)C(F)(F)F. The largest absolute Gasteiger partial charge is 0.405 e. The number of halogens is 4. The first-order chi connectivity index (χ1) is 11.9. The average molecular weight is 415 g/mol. The van der Waals surface area contributed by atoms with Crippen LogP contribution in [0.25, 0.3) is 0 Å². The minimum Gasteiger partial charge on any atom is -0.354 e. The highest BCUT2D eigenvalue weighted by Gasteiger charge is 2.43. The minimum atomic E-state index is -4.40. The van der Waals surface area contributed by atoms with Gasteiger partial charge in [0.25, 0.3) is 5.91 Å². The Kier molecular flexibility index (Phi) is 9.34. The second kappa shape index (κ2) is 10.7. The molecule has 1 fully saturated rings. The van der Waals surface area contributed by atoms with Crippen molar-refractivity contribution in [1.82, 2.24) is 20.9 Å². The van der Waals surface area contributed by atoms with E-state index in [1.54, 1.807) is 16.8 Å². The first-order valence-corrected chi connectivity index (χ1v) is 8.91. The van der Waals surface area contributed by atoms with Crippen LogP contribution in [0.2, 0.25) is 0 Å². The van der Waals surface area contributed by atoms with Crippen LogP contribution in [-0.2, 0) is 4.79 Å². The lowest BCUT2D eigenvalue weighted by molar-refractivity contribution is -0.184. The quantitative estimate of drug-likeness (QED) is 0.627. The van der Waals surface area contributed by atoms with Crippen LogP contribution in [0.3, 0.4) is 0 Å². The maximum Gasteiger partial charge on any atom is 0.405 e. The zero-order valence-corrected chi connectivity index (χ0v) is 15.6. The molecule has 1 aromatic rings. The maximum atomic E-state index is 13.2. The molecule has 0 aliphatic carbocycles. The van der Waals surface area contributed by atoms with E-state index in [9.17, 15) is 22.8 Å². The van der Waals surface area contributed by atoms with Crippen molar-refractivity contribution >= 4 is 35.6 Å². The number of piperazine rings is 1. The number of alkyl halides is 3. The van der Waals surface area contributed by atoms with Crippen molar-refractivity contribution in [3.05, 3.63) is 22.4 Å². The summed E-state index contributed by atoms with van der Waals surface area (Å²) in [7, 11) is 0. The average Bonchev–Trinajstić information content (AvgIpc) is 3.09. The Bertz CT molecular complexity index is 566. The van der Waals surface area contributed by atoms with Crippen LogP contribution >= 0.6 is 23.7 Å². The standard InChI is InChI=1S/C15H21F3N4O2S.ClH/c16-15(17,18)12(22-6-4-19-5-7-22)9-21-13(23)1-3-20-14(24)11-2-8-25-10-11;/h2,8,10,12,19H,1,3-7,9H2,(H,20,24)(H,21,23);1H. The number of thiophene rings is 1. The van der Waals surface area contributed by atoms with Gasteiger partial charge in [-0.15, -0.1) is 12.4 Å². The number of carbonyl (C=O) groups excluding carboxylic acids is 2. The van der Waals surface area contributed by atoms with Crippen LogP contribution in [0.4, 0.5) is 13.2 Å². The van der Waals surface area contributed by atoms with E-state index in [1.807, 2.05) is 0 Å². The third-order valence-electron chi connectivity index (χ3n) is 3.88. The number of hydrogen-bond acceptors (Lipinski definition) is 5. The molecule has 0 aromatic carbocycles. The molecule has 148 valence electrons. The molecule has 0 spiro atoms. The summed E-state index contributed by atoms with van der Waals surface area (Å²) in [6.07, 6.45) is -4.47. The van der Waals surface area contributed by atoms with Gasteiger partial charge in [0.05, 0.1) is 0 Å². The molecule has 0 bridgehead atoms. The van der Waals surface area contributed by atoms with Crippen molar-refractivity contribution in [1.29, 1.82) is 0 Å². The molecule has 2 heterocycles. The van der Waals surface area contributed by atoms with Gasteiger partial charge in [-0.05, 0) is 11.4 Å². The molecule has 0 radical (unpaired) electrons. The highest BCUT2D eigenvalue weighted by atomic mass is 35.5. The molecule has 3 N–H and O–H groups in total. The van der Waals surface area contributed by atoms with Gasteiger partial charge in [-0.3, -0.25) is 14.5 Å². The van der Waals surface area contributed by atoms with Crippen LogP contribution in [0.5, 0.6) is 0 Å². The first-order valence-electron chi connectivity index (χ1n) is 7.96. The van der Waals surface area contributed by atoms with E-state index in [2.05, 4.69) is 16.0 Å². The Hall–Kier alpha value is -1.36. The Morgan fingerprint density at radius 1 is 1.27 bits per heavy atom. The van der Waals surface area contributed by atoms with Crippen molar-refractivity contribution in [3.8, 4) is 0 Å². The molecule has 1 atom stereocenters. The Morgan fingerprint density at radius 3 is 2.54 bits per heavy atom. The van der Waals surface area contributed by atoms with Crippen LogP contribution in [-0.4, -0.2) is 68.2 Å². The molecule has 1 aliphatic rings. The molecule has 2 amide bonds. The van der Waals surface area contributed by atoms with Gasteiger partial charge in [0.1, 0.15) is 6.04 Å². The van der Waals surface area contributed by atoms with Gasteiger partial charge in [-0.1, -0.05) is 0 Å². The monoisotopic (exact) mass is 414 g/mol. The van der Waals surface area contributed by atoms with Crippen LogP contribution in [0, 0.1) is 0 Å². The lowest BCUT2D eigenvalue weighted by atomic mass is 10.2. The summed E-state index contributed by atoms with van der Waals surface area (Å²) >= 11 is 1.38. The summed E-state index contributed by atoms with van der Waals surface area (Å²) in [6, 6.07) is -0.0412. The third-order valence-corrected chi connectivity index (χ3v) is 4.57. The molecule has 1 aliphatic heterocycles. The van der Waals surface area contributed by atoms with Crippen molar-refractivity contribution in [2.24, 2.45) is 0 Å². The summed E-state index contributed by atoms with van der Waals surface area (Å²) in [5, 5.41) is 11.3. The molecule has 1 unspecified atom stereocenters. The van der Waals surface area contributed by atoms with E-state index in [-0.39, 0.29) is 44.4 Å². The zero-order chi connectivity index (χ0) is 18.3. The fraction of sp³-hybridized carbons (Fsp3) is 0.600. The topological polar surface area (TPSA) is 73.5 Å². The number of amides is 2. The van der Waals surface area contributed by atoms with E-state index in [0.717, 1.165) is 0 Å². The molecule has 1 aromatic heterocycles. The second-order valence-corrected chi connectivity index (χ2v) is 6.45. The maximum absolute atomic E-state index is 13.2. The second-order valence-electron chi connectivity index (χ2n) is 5.67. The van der Waals surface area contributed by atoms with Crippen molar-refractivity contribution in [3.63, 3.8) is 0 Å². The number of nitrogens with zero attached hydrogens (tertiary/aromatic N) is 1. The van der Waals surface area contributed by atoms with Crippen LogP contribution in [0.15, 0.2) is 16.8 Å². The van der Waals surface area contributed by atoms with E-state index >= 15 is 0 Å². The van der Waals surface area contributed by atoms with Gasteiger partial charge >= 0.3 is 6.18 Å². The highest BCUT2D eigenvalue weighted by molar-refractivity contribution is 7.08. The summed E-state index contributed by atoms with van der Waals surface area (Å²) in [4.78, 5) is 24.8. The fourth-order valence-electron chi connectivity index (χ4n) is 2.53. The van der Waals surface area contributed by atoms with Gasteiger partial charge in [-0.2, -0.15) is 24.5 Å². The number of rotatable bonds is 7. The van der Waals surface area contributed by atoms with Crippen LogP contribution < -0.4 is 16.0 Å². The Morgan fingerprint density at radius 2 is 1.96 bits per heavy atom. The smallest absolute Gasteiger partial charge is 0.354 e. The molecular formula is C15H22ClF3N4O2S. The Labute approximate surface area is 159 Å². The first kappa shape index (κ1) is 22.7. The summed E-state index contributed by atoms with van der Waals surface area (Å²) in [5.41, 5.74) is 0.501. The zero-order valence-electron chi connectivity index (χ0n) is 14.0. The van der Waals surface area contributed by atoms with E-state index in [0.29, 0.717) is 18.7 Å². The third kappa shape index (κ3) is 7.10. The molecular weight excluding hydrogens is 393 g/mol. The molecule has 6 nitrogen and oxygen atoms in total. The predicted molar refractivity (Wildman–Crippen MR) is 95.8 cm³/mol. The normalized spacial score (nSPS) is 16.4. The van der Waals surface area contributed by atoms with Gasteiger partial charge in [0.15, 0.2) is 0 Å². The molecule has 26 heavy (non-hydrogen) atoms. The lowest BCUT2D eigenvalue weighted by Crippen LogP contribution is -2.57. The lowest BCUT2D eigenvalue weighted by Gasteiger charge is -2.35. The molecule has 11 heteroatoms. The molecule has 2 rings (SSSR count). The minimum absolute atomic E-state index is 0. The molecule has 1 saturated heterocycles. The summed E-state index contributed by atoms with van der Waals surface area (Å²) < 4.78 is 39.6. The van der Waals surface area contributed by atoms with Gasteiger partial charge in [0.2, 0.25) is 5.91 Å². The number of hydrogen-bond donors (Lipinski definition) is 3. The summed E-state index contributed by atoms with van der Waals surface area (Å²) in [6.45, 7) is 1.16. The van der Waals surface area contributed by atoms with Gasteiger partial charge in [-0.25, -0.2) is 0 Å². The fourth-order valence-corrected chi connectivity index (χ4v) is 3.17. The number of carbonyl (C=O) groups is 2. The van der Waals surface area contributed by atoms with Gasteiger partial charge in [0, 0.05) is 56.6 Å². The van der Waals surface area contributed by atoms with Gasteiger partial charge < -0.3 is 16.0 Å². The van der Waals surface area contributed by atoms with Crippen molar-refractivity contribution in [2.75, 3.05) is 39.3 Å². The van der Waals surface area contributed by atoms with E-state index in [4.69, 9.17) is 0 Å². The Balaban J connectivity index is 0.00000338.